The lowest BCUT2D eigenvalue weighted by Crippen LogP contribution is -2.22. The van der Waals surface area contributed by atoms with E-state index >= 15 is 0 Å². The van der Waals surface area contributed by atoms with Crippen LogP contribution in [0.25, 0.3) is 0 Å². The lowest BCUT2D eigenvalue weighted by molar-refractivity contribution is -0.117. The van der Waals surface area contributed by atoms with Crippen molar-refractivity contribution in [3.63, 3.8) is 0 Å². The molecule has 2 amide bonds. The first kappa shape index (κ1) is 12.4. The van der Waals surface area contributed by atoms with E-state index in [2.05, 4.69) is 10.6 Å². The van der Waals surface area contributed by atoms with E-state index in [1.807, 2.05) is 6.92 Å². The fourth-order valence-electron chi connectivity index (χ4n) is 1.58. The third-order valence-corrected chi connectivity index (χ3v) is 2.82. The Bertz CT molecular complexity index is 481. The molecule has 0 bridgehead atoms. The number of anilines is 1. The molecule has 5 heteroatoms. The molecular formula is C13H16N2O3. The molecule has 96 valence electrons. The molecule has 0 unspecified atom stereocenters. The number of amides is 2. The van der Waals surface area contributed by atoms with Crippen LogP contribution in [0, 0.1) is 12.8 Å². The Labute approximate surface area is 106 Å². The number of nitrogens with one attached hydrogen (secondary N) is 2. The van der Waals surface area contributed by atoms with Gasteiger partial charge in [0, 0.05) is 18.7 Å². The van der Waals surface area contributed by atoms with Crippen molar-refractivity contribution < 1.29 is 14.3 Å². The minimum atomic E-state index is -0.510. The highest BCUT2D eigenvalue weighted by Gasteiger charge is 2.29. The van der Waals surface area contributed by atoms with Crippen LogP contribution >= 0.6 is 0 Å². The maximum atomic E-state index is 11.6. The van der Waals surface area contributed by atoms with E-state index in [9.17, 15) is 9.59 Å². The molecule has 1 fully saturated rings. The van der Waals surface area contributed by atoms with E-state index in [-0.39, 0.29) is 11.8 Å². The third-order valence-electron chi connectivity index (χ3n) is 2.82. The number of rotatable bonds is 3. The second-order valence-corrected chi connectivity index (χ2v) is 4.38. The Morgan fingerprint density at radius 1 is 1.33 bits per heavy atom. The lowest BCUT2D eigenvalue weighted by Gasteiger charge is -2.10. The Hall–Kier alpha value is -2.04. The molecule has 0 aliphatic heterocycles. The van der Waals surface area contributed by atoms with Crippen LogP contribution in [-0.2, 0) is 4.79 Å². The van der Waals surface area contributed by atoms with Crippen LogP contribution in [-0.4, -0.2) is 19.0 Å². The molecule has 18 heavy (non-hydrogen) atoms. The second kappa shape index (κ2) is 5.08. The molecule has 1 aliphatic carbocycles. The zero-order valence-electron chi connectivity index (χ0n) is 10.4. The number of ether oxygens (including phenoxy) is 1. The predicted octanol–water partition coefficient (Wildman–Crippen LogP) is 2.06. The monoisotopic (exact) mass is 248 g/mol. The second-order valence-electron chi connectivity index (χ2n) is 4.38. The molecule has 1 saturated carbocycles. The summed E-state index contributed by atoms with van der Waals surface area (Å²) in [6.07, 6.45) is 1.44. The third kappa shape index (κ3) is 3.00. The molecule has 0 atom stereocenters. The van der Waals surface area contributed by atoms with Gasteiger partial charge in [0.05, 0.1) is 0 Å². The molecule has 5 nitrogen and oxygen atoms in total. The smallest absolute Gasteiger partial charge is 0.410 e. The zero-order chi connectivity index (χ0) is 13.1. The molecule has 0 radical (unpaired) electrons. The van der Waals surface area contributed by atoms with Crippen LogP contribution in [0.4, 0.5) is 10.5 Å². The molecule has 2 N–H and O–H groups in total. The van der Waals surface area contributed by atoms with Crippen molar-refractivity contribution in [1.82, 2.24) is 5.32 Å². The number of hydrogen-bond acceptors (Lipinski definition) is 3. The van der Waals surface area contributed by atoms with Gasteiger partial charge in [-0.25, -0.2) is 4.79 Å². The van der Waals surface area contributed by atoms with Crippen LogP contribution in [0.5, 0.6) is 5.75 Å². The van der Waals surface area contributed by atoms with Crippen molar-refractivity contribution in [1.29, 1.82) is 0 Å². The zero-order valence-corrected chi connectivity index (χ0v) is 10.4. The first-order valence-electron chi connectivity index (χ1n) is 5.91. The summed E-state index contributed by atoms with van der Waals surface area (Å²) in [6, 6.07) is 5.12. The minimum Gasteiger partial charge on any atom is -0.410 e. The topological polar surface area (TPSA) is 67.4 Å². The summed E-state index contributed by atoms with van der Waals surface area (Å²) >= 11 is 0. The molecule has 0 saturated heterocycles. The van der Waals surface area contributed by atoms with Crippen molar-refractivity contribution in [2.45, 2.75) is 19.8 Å². The first-order valence-corrected chi connectivity index (χ1v) is 5.91. The lowest BCUT2D eigenvalue weighted by atomic mass is 10.2. The van der Waals surface area contributed by atoms with E-state index in [1.165, 1.54) is 7.05 Å². The molecule has 0 spiro atoms. The average molecular weight is 248 g/mol. The summed E-state index contributed by atoms with van der Waals surface area (Å²) in [4.78, 5) is 22.7. The number of benzene rings is 1. The Kier molecular flexibility index (Phi) is 3.50. The summed E-state index contributed by atoms with van der Waals surface area (Å²) in [5.74, 6) is 0.695. The fourth-order valence-corrected chi connectivity index (χ4v) is 1.58. The van der Waals surface area contributed by atoms with Crippen molar-refractivity contribution in [3.05, 3.63) is 23.8 Å². The van der Waals surface area contributed by atoms with Crippen molar-refractivity contribution in [3.8, 4) is 5.75 Å². The molecule has 1 aromatic rings. The van der Waals surface area contributed by atoms with Gasteiger partial charge in [-0.05, 0) is 43.5 Å². The average Bonchev–Trinajstić information content (AvgIpc) is 3.16. The predicted molar refractivity (Wildman–Crippen MR) is 67.6 cm³/mol. The summed E-state index contributed by atoms with van der Waals surface area (Å²) in [6.45, 7) is 1.86. The SMILES string of the molecule is CNC(=O)Oc1ccc(NC(=O)C2CC2)c(C)c1. The van der Waals surface area contributed by atoms with Gasteiger partial charge in [-0.1, -0.05) is 0 Å². The fraction of sp³-hybridized carbons (Fsp3) is 0.385. The van der Waals surface area contributed by atoms with Crippen molar-refractivity contribution >= 4 is 17.7 Å². The Morgan fingerprint density at radius 3 is 2.61 bits per heavy atom. The quantitative estimate of drug-likeness (QED) is 0.860. The minimum absolute atomic E-state index is 0.0677. The van der Waals surface area contributed by atoms with Gasteiger partial charge in [0.15, 0.2) is 0 Å². The van der Waals surface area contributed by atoms with Gasteiger partial charge in [-0.15, -0.1) is 0 Å². The highest BCUT2D eigenvalue weighted by atomic mass is 16.5. The van der Waals surface area contributed by atoms with Gasteiger partial charge in [-0.2, -0.15) is 0 Å². The Balaban J connectivity index is 2.04. The van der Waals surface area contributed by atoms with E-state index < -0.39 is 6.09 Å². The van der Waals surface area contributed by atoms with Crippen LogP contribution in [0.2, 0.25) is 0 Å². The molecule has 0 aromatic heterocycles. The van der Waals surface area contributed by atoms with Crippen molar-refractivity contribution in [2.24, 2.45) is 5.92 Å². The van der Waals surface area contributed by atoms with Crippen LogP contribution in [0.15, 0.2) is 18.2 Å². The normalized spacial score (nSPS) is 13.9. The highest BCUT2D eigenvalue weighted by Crippen LogP contribution is 2.31. The van der Waals surface area contributed by atoms with Gasteiger partial charge in [-0.3, -0.25) is 4.79 Å². The number of carbonyl (C=O) groups is 2. The molecule has 2 rings (SSSR count). The summed E-state index contributed by atoms with van der Waals surface area (Å²) in [5, 5.41) is 5.24. The van der Waals surface area contributed by atoms with Crippen molar-refractivity contribution in [2.75, 3.05) is 12.4 Å². The summed E-state index contributed by atoms with van der Waals surface area (Å²) < 4.78 is 5.00. The van der Waals surface area contributed by atoms with Crippen LogP contribution < -0.4 is 15.4 Å². The van der Waals surface area contributed by atoms with Gasteiger partial charge in [0.2, 0.25) is 5.91 Å². The van der Waals surface area contributed by atoms with Crippen LogP contribution in [0.3, 0.4) is 0 Å². The largest absolute Gasteiger partial charge is 0.412 e. The standard InChI is InChI=1S/C13H16N2O3/c1-8-7-10(18-13(17)14-2)5-6-11(8)15-12(16)9-3-4-9/h5-7,9H,3-4H2,1-2H3,(H,14,17)(H,15,16). The molecular weight excluding hydrogens is 232 g/mol. The van der Waals surface area contributed by atoms with Gasteiger partial charge < -0.3 is 15.4 Å². The van der Waals surface area contributed by atoms with E-state index in [0.29, 0.717) is 5.75 Å². The van der Waals surface area contributed by atoms with E-state index in [4.69, 9.17) is 4.74 Å². The highest BCUT2D eigenvalue weighted by molar-refractivity contribution is 5.94. The van der Waals surface area contributed by atoms with Gasteiger partial charge in [0.25, 0.3) is 0 Å². The van der Waals surface area contributed by atoms with Gasteiger partial charge in [0.1, 0.15) is 5.75 Å². The van der Waals surface area contributed by atoms with Crippen LogP contribution in [0.1, 0.15) is 18.4 Å². The molecule has 0 heterocycles. The number of carbonyl (C=O) groups excluding carboxylic acids is 2. The maximum Gasteiger partial charge on any atom is 0.412 e. The summed E-state index contributed by atoms with van der Waals surface area (Å²) in [5.41, 5.74) is 1.63. The maximum absolute atomic E-state index is 11.6. The molecule has 1 aliphatic rings. The number of hydrogen-bond donors (Lipinski definition) is 2. The van der Waals surface area contributed by atoms with Gasteiger partial charge >= 0.3 is 6.09 Å². The van der Waals surface area contributed by atoms with E-state index in [1.54, 1.807) is 18.2 Å². The summed E-state index contributed by atoms with van der Waals surface area (Å²) in [7, 11) is 1.50. The first-order chi connectivity index (χ1) is 8.60. The Morgan fingerprint density at radius 2 is 2.06 bits per heavy atom. The van der Waals surface area contributed by atoms with E-state index in [0.717, 1.165) is 24.1 Å². The molecule has 1 aromatic carbocycles. The number of aryl methyl sites for hydroxylation is 1.